The van der Waals surface area contributed by atoms with Gasteiger partial charge in [-0.3, -0.25) is 4.79 Å². The van der Waals surface area contributed by atoms with Crippen molar-refractivity contribution < 1.29 is 13.9 Å². The van der Waals surface area contributed by atoms with Crippen molar-refractivity contribution in [3.63, 3.8) is 0 Å². The molecule has 2 aromatic carbocycles. The summed E-state index contributed by atoms with van der Waals surface area (Å²) in [5.74, 6) is -0.201. The van der Waals surface area contributed by atoms with Crippen LogP contribution in [-0.2, 0) is 11.3 Å². The third-order valence-corrected chi connectivity index (χ3v) is 4.83. The molecule has 1 aromatic heterocycles. The van der Waals surface area contributed by atoms with Gasteiger partial charge in [0.25, 0.3) is 5.91 Å². The van der Waals surface area contributed by atoms with Crippen molar-refractivity contribution >= 4 is 29.3 Å². The minimum absolute atomic E-state index is 0.111. The van der Waals surface area contributed by atoms with Crippen molar-refractivity contribution in [3.05, 3.63) is 81.9 Å². The van der Waals surface area contributed by atoms with Crippen LogP contribution in [0.4, 0.5) is 10.1 Å². The maximum atomic E-state index is 13.1. The van der Waals surface area contributed by atoms with Crippen LogP contribution >= 0.6 is 11.6 Å². The van der Waals surface area contributed by atoms with Crippen molar-refractivity contribution in [3.8, 4) is 11.8 Å². The molecule has 0 spiro atoms. The van der Waals surface area contributed by atoms with Crippen LogP contribution in [0.2, 0.25) is 5.15 Å². The summed E-state index contributed by atoms with van der Waals surface area (Å²) in [7, 11) is 0. The Morgan fingerprint density at radius 1 is 1.26 bits per heavy atom. The number of ether oxygens (including phenoxy) is 1. The molecule has 1 N–H and O–H groups in total. The Morgan fingerprint density at radius 2 is 1.94 bits per heavy atom. The number of hydrogen-bond acceptors (Lipinski definition) is 4. The Labute approximate surface area is 184 Å². The molecule has 31 heavy (non-hydrogen) atoms. The van der Waals surface area contributed by atoms with Gasteiger partial charge in [0.1, 0.15) is 28.4 Å². The normalized spacial score (nSPS) is 11.1. The second-order valence-electron chi connectivity index (χ2n) is 6.66. The fourth-order valence-electron chi connectivity index (χ4n) is 2.89. The highest BCUT2D eigenvalue weighted by Gasteiger charge is 2.16. The zero-order valence-electron chi connectivity index (χ0n) is 17.0. The molecule has 3 rings (SSSR count). The van der Waals surface area contributed by atoms with E-state index in [4.69, 9.17) is 16.3 Å². The average molecular weight is 439 g/mol. The van der Waals surface area contributed by atoms with Gasteiger partial charge >= 0.3 is 0 Å². The molecular formula is C23H20ClFN4O2. The van der Waals surface area contributed by atoms with Gasteiger partial charge in [0.15, 0.2) is 0 Å². The summed E-state index contributed by atoms with van der Waals surface area (Å²) >= 11 is 6.45. The first-order valence-corrected chi connectivity index (χ1v) is 9.92. The highest BCUT2D eigenvalue weighted by Crippen LogP contribution is 2.24. The third-order valence-electron chi connectivity index (χ3n) is 4.43. The predicted molar refractivity (Wildman–Crippen MR) is 117 cm³/mol. The first kappa shape index (κ1) is 22.1. The summed E-state index contributed by atoms with van der Waals surface area (Å²) in [6.07, 6.45) is 1.41. The summed E-state index contributed by atoms with van der Waals surface area (Å²) in [6, 6.07) is 14.8. The minimum Gasteiger partial charge on any atom is -0.494 e. The number of halogens is 2. The topological polar surface area (TPSA) is 79.9 Å². The highest BCUT2D eigenvalue weighted by molar-refractivity contribution is 6.31. The molecule has 0 unspecified atom stereocenters. The van der Waals surface area contributed by atoms with E-state index >= 15 is 0 Å². The molecule has 1 amide bonds. The second kappa shape index (κ2) is 9.92. The monoisotopic (exact) mass is 438 g/mol. The van der Waals surface area contributed by atoms with Crippen LogP contribution in [0.3, 0.4) is 0 Å². The van der Waals surface area contributed by atoms with E-state index in [1.807, 2.05) is 13.0 Å². The number of carbonyl (C=O) groups excluding carboxylic acids is 1. The maximum Gasteiger partial charge on any atom is 0.266 e. The van der Waals surface area contributed by atoms with Crippen LogP contribution in [0.25, 0.3) is 6.08 Å². The zero-order chi connectivity index (χ0) is 22.4. The first-order valence-electron chi connectivity index (χ1n) is 9.54. The van der Waals surface area contributed by atoms with E-state index in [9.17, 15) is 14.4 Å². The van der Waals surface area contributed by atoms with Gasteiger partial charge in [0, 0.05) is 11.3 Å². The molecule has 0 aliphatic rings. The summed E-state index contributed by atoms with van der Waals surface area (Å²) in [5, 5.41) is 16.8. The fourth-order valence-corrected chi connectivity index (χ4v) is 3.18. The van der Waals surface area contributed by atoms with Crippen LogP contribution in [0, 0.1) is 24.1 Å². The number of nitrogens with zero attached hydrogens (tertiary/aromatic N) is 3. The number of anilines is 1. The highest BCUT2D eigenvalue weighted by atomic mass is 35.5. The maximum absolute atomic E-state index is 13.1. The number of rotatable bonds is 7. The van der Waals surface area contributed by atoms with Crippen LogP contribution < -0.4 is 10.1 Å². The SMILES string of the molecule is CCOc1ccc(NC(=O)/C(C#N)=C/c2c(C)nn(Cc3ccc(F)cc3)c2Cl)cc1. The molecule has 0 atom stereocenters. The molecular weight excluding hydrogens is 419 g/mol. The van der Waals surface area contributed by atoms with Gasteiger partial charge in [0.2, 0.25) is 0 Å². The molecule has 0 radical (unpaired) electrons. The lowest BCUT2D eigenvalue weighted by Crippen LogP contribution is -2.13. The zero-order valence-corrected chi connectivity index (χ0v) is 17.8. The van der Waals surface area contributed by atoms with Crippen LogP contribution in [-0.4, -0.2) is 22.3 Å². The van der Waals surface area contributed by atoms with E-state index in [0.29, 0.717) is 35.8 Å². The van der Waals surface area contributed by atoms with E-state index in [0.717, 1.165) is 5.56 Å². The quantitative estimate of drug-likeness (QED) is 0.417. The lowest BCUT2D eigenvalue weighted by atomic mass is 10.1. The van der Waals surface area contributed by atoms with E-state index in [-0.39, 0.29) is 16.5 Å². The van der Waals surface area contributed by atoms with E-state index in [2.05, 4.69) is 10.4 Å². The second-order valence-corrected chi connectivity index (χ2v) is 7.01. The van der Waals surface area contributed by atoms with Gasteiger partial charge < -0.3 is 10.1 Å². The molecule has 3 aromatic rings. The summed E-state index contributed by atoms with van der Waals surface area (Å²) < 4.78 is 20.0. The van der Waals surface area contributed by atoms with Gasteiger partial charge in [-0.1, -0.05) is 23.7 Å². The third kappa shape index (κ3) is 5.50. The lowest BCUT2D eigenvalue weighted by molar-refractivity contribution is -0.112. The van der Waals surface area contributed by atoms with Gasteiger partial charge in [-0.15, -0.1) is 0 Å². The predicted octanol–water partition coefficient (Wildman–Crippen LogP) is 4.98. The van der Waals surface area contributed by atoms with Crippen LogP contribution in [0.1, 0.15) is 23.7 Å². The number of amides is 1. The van der Waals surface area contributed by atoms with Gasteiger partial charge in [0.05, 0.1) is 18.8 Å². The first-order chi connectivity index (χ1) is 14.9. The fraction of sp³-hybridized carbons (Fsp3) is 0.174. The molecule has 0 saturated carbocycles. The van der Waals surface area contributed by atoms with E-state index < -0.39 is 5.91 Å². The van der Waals surface area contributed by atoms with Crippen LogP contribution in [0.5, 0.6) is 5.75 Å². The summed E-state index contributed by atoms with van der Waals surface area (Å²) in [5.41, 5.74) is 2.27. The number of aryl methyl sites for hydroxylation is 1. The summed E-state index contributed by atoms with van der Waals surface area (Å²) in [6.45, 7) is 4.49. The summed E-state index contributed by atoms with van der Waals surface area (Å²) in [4.78, 5) is 12.6. The minimum atomic E-state index is -0.562. The average Bonchev–Trinajstić information content (AvgIpc) is 3.02. The molecule has 6 nitrogen and oxygen atoms in total. The standard InChI is InChI=1S/C23H20ClFN4O2/c1-3-31-20-10-8-19(9-11-20)27-23(30)17(13-26)12-21-15(2)28-29(22(21)24)14-16-4-6-18(25)7-5-16/h4-12H,3,14H2,1-2H3,(H,27,30)/b17-12+. The molecule has 1 heterocycles. The number of nitriles is 1. The Morgan fingerprint density at radius 3 is 2.55 bits per heavy atom. The van der Waals surface area contributed by atoms with Gasteiger partial charge in [-0.2, -0.15) is 10.4 Å². The van der Waals surface area contributed by atoms with Crippen molar-refractivity contribution in [1.29, 1.82) is 5.26 Å². The number of nitrogens with one attached hydrogen (secondary N) is 1. The number of aromatic nitrogens is 2. The smallest absolute Gasteiger partial charge is 0.266 e. The molecule has 0 aliphatic heterocycles. The Bertz CT molecular complexity index is 1150. The van der Waals surface area contributed by atoms with E-state index in [1.54, 1.807) is 43.3 Å². The lowest BCUT2D eigenvalue weighted by Gasteiger charge is -2.07. The molecule has 158 valence electrons. The van der Waals surface area contributed by atoms with Crippen molar-refractivity contribution in [2.24, 2.45) is 0 Å². The van der Waals surface area contributed by atoms with Crippen molar-refractivity contribution in [2.75, 3.05) is 11.9 Å². The van der Waals surface area contributed by atoms with Crippen molar-refractivity contribution in [2.45, 2.75) is 20.4 Å². The molecule has 8 heteroatoms. The number of benzene rings is 2. The molecule has 0 aliphatic carbocycles. The molecule has 0 bridgehead atoms. The van der Waals surface area contributed by atoms with Crippen LogP contribution in [0.15, 0.2) is 54.1 Å². The number of hydrogen-bond donors (Lipinski definition) is 1. The largest absolute Gasteiger partial charge is 0.494 e. The molecule has 0 saturated heterocycles. The van der Waals surface area contributed by atoms with Gasteiger partial charge in [-0.05, 0) is 61.9 Å². The number of carbonyl (C=O) groups is 1. The Hall–Kier alpha value is -3.63. The molecule has 0 fully saturated rings. The Balaban J connectivity index is 1.79. The van der Waals surface area contributed by atoms with Crippen molar-refractivity contribution in [1.82, 2.24) is 9.78 Å². The van der Waals surface area contributed by atoms with E-state index in [1.165, 1.54) is 22.9 Å². The Kier molecular flexibility index (Phi) is 7.06. The van der Waals surface area contributed by atoms with Gasteiger partial charge in [-0.25, -0.2) is 9.07 Å².